The van der Waals surface area contributed by atoms with Gasteiger partial charge in [-0.05, 0) is 32.0 Å². The van der Waals surface area contributed by atoms with Gasteiger partial charge in [0.25, 0.3) is 0 Å². The van der Waals surface area contributed by atoms with Crippen LogP contribution in [0.25, 0.3) is 0 Å². The molecule has 0 spiro atoms. The number of hydrogen-bond donors (Lipinski definition) is 0. The molecule has 0 aliphatic carbocycles. The highest BCUT2D eigenvalue weighted by Gasteiger charge is 2.30. The van der Waals surface area contributed by atoms with Gasteiger partial charge in [-0.25, -0.2) is 8.42 Å². The molecule has 0 unspecified atom stereocenters. The quantitative estimate of drug-likeness (QED) is 0.652. The van der Waals surface area contributed by atoms with E-state index in [9.17, 15) is 18.0 Å². The first-order valence-electron chi connectivity index (χ1n) is 9.15. The summed E-state index contributed by atoms with van der Waals surface area (Å²) < 4.78 is 27.0. The van der Waals surface area contributed by atoms with Crippen LogP contribution in [0.2, 0.25) is 0 Å². The molecule has 27 heavy (non-hydrogen) atoms. The zero-order valence-electron chi connectivity index (χ0n) is 16.3. The van der Waals surface area contributed by atoms with Crippen LogP contribution in [-0.4, -0.2) is 67.9 Å². The largest absolute Gasteiger partial charge is 0.342 e. The topological polar surface area (TPSA) is 78.0 Å². The predicted molar refractivity (Wildman–Crippen MR) is 108 cm³/mol. The van der Waals surface area contributed by atoms with E-state index in [4.69, 9.17) is 0 Å². The van der Waals surface area contributed by atoms with Gasteiger partial charge in [-0.15, -0.1) is 11.8 Å². The molecule has 0 radical (unpaired) electrons. The van der Waals surface area contributed by atoms with Gasteiger partial charge in [-0.3, -0.25) is 9.59 Å². The molecule has 2 rings (SSSR count). The second-order valence-electron chi connectivity index (χ2n) is 6.05. The molecular formula is C18H27N3O4S2. The molecule has 150 valence electrons. The van der Waals surface area contributed by atoms with Crippen molar-refractivity contribution in [2.45, 2.75) is 37.5 Å². The second-order valence-corrected chi connectivity index (χ2v) is 9.01. The summed E-state index contributed by atoms with van der Waals surface area (Å²) in [7, 11) is -3.64. The molecule has 7 nitrogen and oxygen atoms in total. The minimum atomic E-state index is -3.64. The summed E-state index contributed by atoms with van der Waals surface area (Å²) in [6, 6.07) is 4.81. The monoisotopic (exact) mass is 413 g/mol. The van der Waals surface area contributed by atoms with Crippen molar-refractivity contribution in [3.63, 3.8) is 0 Å². The van der Waals surface area contributed by atoms with E-state index in [-0.39, 0.29) is 29.0 Å². The maximum atomic E-state index is 12.8. The van der Waals surface area contributed by atoms with Crippen molar-refractivity contribution in [2.24, 2.45) is 0 Å². The maximum absolute atomic E-state index is 12.8. The van der Waals surface area contributed by atoms with Crippen LogP contribution in [0.15, 0.2) is 28.0 Å². The van der Waals surface area contributed by atoms with E-state index in [1.54, 1.807) is 30.9 Å². The summed E-state index contributed by atoms with van der Waals surface area (Å²) in [6.45, 7) is 9.13. The number of thioether (sulfide) groups is 1. The average Bonchev–Trinajstić information content (AvgIpc) is 2.65. The SMILES string of the molecule is CCN(CC)C(=O)CN1C(=O)CSc2ccc(S(=O)(=O)N(CC)CC)cc21. The van der Waals surface area contributed by atoms with Crippen LogP contribution in [0.1, 0.15) is 27.7 Å². The second kappa shape index (κ2) is 9.07. The molecular weight excluding hydrogens is 386 g/mol. The molecule has 0 saturated carbocycles. The first kappa shape index (κ1) is 21.7. The van der Waals surface area contributed by atoms with Crippen LogP contribution in [-0.2, 0) is 19.6 Å². The van der Waals surface area contributed by atoms with Crippen LogP contribution >= 0.6 is 11.8 Å². The third-order valence-electron chi connectivity index (χ3n) is 4.63. The third kappa shape index (κ3) is 4.47. The van der Waals surface area contributed by atoms with Gasteiger partial charge in [-0.2, -0.15) is 4.31 Å². The molecule has 0 fully saturated rings. The maximum Gasteiger partial charge on any atom is 0.243 e. The van der Waals surface area contributed by atoms with Gasteiger partial charge in [0.15, 0.2) is 0 Å². The Kier molecular flexibility index (Phi) is 7.30. The molecule has 1 aromatic carbocycles. The Morgan fingerprint density at radius 1 is 1.11 bits per heavy atom. The summed E-state index contributed by atoms with van der Waals surface area (Å²) in [6.07, 6.45) is 0. The van der Waals surface area contributed by atoms with Crippen LogP contribution in [0.5, 0.6) is 0 Å². The summed E-state index contributed by atoms with van der Waals surface area (Å²) in [5.74, 6) is -0.102. The number of carbonyl (C=O) groups excluding carboxylic acids is 2. The van der Waals surface area contributed by atoms with Gasteiger partial charge < -0.3 is 9.80 Å². The van der Waals surface area contributed by atoms with Gasteiger partial charge in [0.05, 0.1) is 16.3 Å². The molecule has 1 aromatic rings. The van der Waals surface area contributed by atoms with Gasteiger partial charge >= 0.3 is 0 Å². The van der Waals surface area contributed by atoms with Crippen molar-refractivity contribution in [1.29, 1.82) is 0 Å². The van der Waals surface area contributed by atoms with Crippen molar-refractivity contribution in [2.75, 3.05) is 43.4 Å². The number of hydrogen-bond acceptors (Lipinski definition) is 5. The number of likely N-dealkylation sites (N-methyl/N-ethyl adjacent to an activating group) is 1. The van der Waals surface area contributed by atoms with E-state index in [1.807, 2.05) is 13.8 Å². The van der Waals surface area contributed by atoms with E-state index in [2.05, 4.69) is 0 Å². The number of fused-ring (bicyclic) bond motifs is 1. The Labute approximate surface area is 165 Å². The highest BCUT2D eigenvalue weighted by molar-refractivity contribution is 8.00. The molecule has 0 N–H and O–H groups in total. The number of nitrogens with zero attached hydrogens (tertiary/aromatic N) is 3. The highest BCUT2D eigenvalue weighted by Crippen LogP contribution is 2.37. The highest BCUT2D eigenvalue weighted by atomic mass is 32.2. The summed E-state index contributed by atoms with van der Waals surface area (Å²) in [5, 5.41) is 0. The van der Waals surface area contributed by atoms with E-state index in [1.165, 1.54) is 27.0 Å². The Bertz CT molecular complexity index is 803. The van der Waals surface area contributed by atoms with Crippen LogP contribution in [0.3, 0.4) is 0 Å². The number of sulfonamides is 1. The van der Waals surface area contributed by atoms with Crippen LogP contribution < -0.4 is 4.90 Å². The minimum Gasteiger partial charge on any atom is -0.342 e. The molecule has 9 heteroatoms. The van der Waals surface area contributed by atoms with Crippen LogP contribution in [0, 0.1) is 0 Å². The zero-order chi connectivity index (χ0) is 20.2. The molecule has 0 saturated heterocycles. The normalized spacial score (nSPS) is 14.4. The zero-order valence-corrected chi connectivity index (χ0v) is 17.9. The van der Waals surface area contributed by atoms with Crippen molar-refractivity contribution in [1.82, 2.24) is 9.21 Å². The predicted octanol–water partition coefficient (Wildman–Crippen LogP) is 2.02. The number of carbonyl (C=O) groups is 2. The molecule has 2 amide bonds. The van der Waals surface area contributed by atoms with E-state index >= 15 is 0 Å². The smallest absolute Gasteiger partial charge is 0.243 e. The molecule has 1 aliphatic heterocycles. The van der Waals surface area contributed by atoms with E-state index < -0.39 is 10.0 Å². The fourth-order valence-corrected chi connectivity index (χ4v) is 5.43. The lowest BCUT2D eigenvalue weighted by atomic mass is 10.2. The molecule has 1 aliphatic rings. The average molecular weight is 414 g/mol. The van der Waals surface area contributed by atoms with Crippen molar-refractivity contribution >= 4 is 39.3 Å². The molecule has 1 heterocycles. The van der Waals surface area contributed by atoms with Gasteiger partial charge in [-0.1, -0.05) is 13.8 Å². The number of amides is 2. The van der Waals surface area contributed by atoms with Gasteiger partial charge in [0.1, 0.15) is 6.54 Å². The van der Waals surface area contributed by atoms with Crippen molar-refractivity contribution in [3.8, 4) is 0 Å². The first-order chi connectivity index (χ1) is 12.8. The lowest BCUT2D eigenvalue weighted by Crippen LogP contribution is -2.45. The standard InChI is InChI=1S/C18H27N3O4S2/c1-5-19(6-2)17(22)12-21-15-11-14(27(24,25)20(7-3)8-4)9-10-16(15)26-13-18(21)23/h9-11H,5-8,12-13H2,1-4H3. The Morgan fingerprint density at radius 2 is 1.74 bits per heavy atom. The summed E-state index contributed by atoms with van der Waals surface area (Å²) >= 11 is 1.36. The van der Waals surface area contributed by atoms with E-state index in [0.29, 0.717) is 31.9 Å². The van der Waals surface area contributed by atoms with Crippen molar-refractivity contribution < 1.29 is 18.0 Å². The lowest BCUT2D eigenvalue weighted by molar-refractivity contribution is -0.130. The first-order valence-corrected chi connectivity index (χ1v) is 11.6. The number of benzene rings is 1. The Balaban J connectivity index is 2.43. The van der Waals surface area contributed by atoms with Crippen LogP contribution in [0.4, 0.5) is 5.69 Å². The Morgan fingerprint density at radius 3 is 2.30 bits per heavy atom. The number of anilines is 1. The third-order valence-corrected chi connectivity index (χ3v) is 7.72. The number of rotatable bonds is 8. The molecule has 0 bridgehead atoms. The lowest BCUT2D eigenvalue weighted by Gasteiger charge is -2.31. The van der Waals surface area contributed by atoms with Gasteiger partial charge in [0.2, 0.25) is 21.8 Å². The minimum absolute atomic E-state index is 0.0805. The Hall–Kier alpha value is -1.58. The van der Waals surface area contributed by atoms with E-state index in [0.717, 1.165) is 4.90 Å². The summed E-state index contributed by atoms with van der Waals surface area (Å²) in [5.41, 5.74) is 0.491. The molecule has 0 atom stereocenters. The van der Waals surface area contributed by atoms with Crippen molar-refractivity contribution in [3.05, 3.63) is 18.2 Å². The summed E-state index contributed by atoms with van der Waals surface area (Å²) in [4.78, 5) is 29.0. The fraction of sp³-hybridized carbons (Fsp3) is 0.556. The van der Waals surface area contributed by atoms with Gasteiger partial charge in [0, 0.05) is 31.1 Å². The molecule has 0 aromatic heterocycles. The fourth-order valence-electron chi connectivity index (χ4n) is 3.04.